The summed E-state index contributed by atoms with van der Waals surface area (Å²) in [7, 11) is -5.88. The molecule has 11 rings (SSSR count). The van der Waals surface area contributed by atoms with Gasteiger partial charge in [0, 0.05) is 79.5 Å². The largest absolute Gasteiger partial charge is 0.399 e. The Morgan fingerprint density at radius 2 is 1.60 bits per heavy atom. The summed E-state index contributed by atoms with van der Waals surface area (Å²) in [5.41, 5.74) is 1.19. The Labute approximate surface area is 470 Å². The van der Waals surface area contributed by atoms with Crippen LogP contribution in [-0.2, 0) is 50.3 Å². The Balaban J connectivity index is 0.776. The van der Waals surface area contributed by atoms with E-state index in [1.807, 2.05) is 13.0 Å². The Bertz CT molecular complexity index is 3400. The minimum Gasteiger partial charge on any atom is -0.370 e. The minimum atomic E-state index is -5.88. The van der Waals surface area contributed by atoms with Crippen LogP contribution < -0.4 is 27.0 Å². The number of hydrogen-bond acceptors (Lipinski definition) is 10. The predicted molar refractivity (Wildman–Crippen MR) is 291 cm³/mol. The average Bonchev–Trinajstić information content (AvgIpc) is 1.43. The maximum absolute atomic E-state index is 14.7. The summed E-state index contributed by atoms with van der Waals surface area (Å²) in [4.78, 5) is 145. The van der Waals surface area contributed by atoms with E-state index >= 15 is 0 Å². The lowest BCUT2D eigenvalue weighted by Gasteiger charge is -2.35. The second-order valence-electron chi connectivity index (χ2n) is 22.2. The number of carbonyl (C=O) groups excluding carboxylic acids is 9. The summed E-state index contributed by atoms with van der Waals surface area (Å²) >= 11 is 0. The number of piperidine rings is 3. The van der Waals surface area contributed by atoms with Gasteiger partial charge in [0.05, 0.1) is 0 Å². The smallest absolute Gasteiger partial charge is 0.370 e. The fraction of sp³-hybridized carbons (Fsp3) is 0.441. The van der Waals surface area contributed by atoms with Gasteiger partial charge in [0.15, 0.2) is 0 Å². The molecule has 4 aromatic carbocycles. The maximum Gasteiger partial charge on any atom is 0.399 e. The molecule has 20 nitrogen and oxygen atoms in total. The van der Waals surface area contributed by atoms with E-state index < -0.39 is 84.0 Å². The number of nitrogens with zero attached hydrogens (tertiary/aromatic N) is 3. The highest BCUT2D eigenvalue weighted by atomic mass is 31.2. The van der Waals surface area contributed by atoms with Gasteiger partial charge in [-0.2, -0.15) is 8.78 Å². The van der Waals surface area contributed by atoms with Crippen LogP contribution in [0.4, 0.5) is 8.78 Å². The van der Waals surface area contributed by atoms with Crippen molar-refractivity contribution in [1.82, 2.24) is 36.0 Å². The third kappa shape index (κ3) is 11.0. The summed E-state index contributed by atoms with van der Waals surface area (Å²) < 4.78 is 40.9. The summed E-state index contributed by atoms with van der Waals surface area (Å²) in [5.74, 6) is 1.45. The van der Waals surface area contributed by atoms with E-state index in [1.165, 1.54) is 34.1 Å². The monoisotopic (exact) mass is 1140 g/mol. The normalized spacial score (nSPS) is 22.9. The van der Waals surface area contributed by atoms with Crippen molar-refractivity contribution < 1.29 is 66.3 Å². The first kappa shape index (κ1) is 57.4. The molecule has 2 aliphatic carbocycles. The molecule has 5 aliphatic heterocycles. The molecule has 0 spiro atoms. The van der Waals surface area contributed by atoms with Crippen molar-refractivity contribution in [2.45, 2.75) is 119 Å². The zero-order valence-corrected chi connectivity index (χ0v) is 45.8. The number of amides is 9. The van der Waals surface area contributed by atoms with E-state index in [2.05, 4.69) is 33.1 Å². The molecule has 23 heteroatoms. The van der Waals surface area contributed by atoms with E-state index in [0.717, 1.165) is 24.1 Å². The van der Waals surface area contributed by atoms with Gasteiger partial charge in [0.2, 0.25) is 41.4 Å². The zero-order valence-electron chi connectivity index (χ0n) is 44.9. The second-order valence-corrected chi connectivity index (χ2v) is 23.9. The third-order valence-electron chi connectivity index (χ3n) is 17.2. The SMILES string of the molecule is CCCC[C@H](NC(=O)c1ccc2ccc(C(F)(F)P(=O)(O)O)cc2c1)C(=O)N1CC2C3[C@@H]2C31C(=O)N[C@@H](CCC(N)=O)C(=O)N[C@H](C(=O)N1CCC(CCC#Cc2cccc3c2CN(C2CCC(=O)NC2=O)C3=O)CC1)c1ccccc1. The van der Waals surface area contributed by atoms with Gasteiger partial charge >= 0.3 is 13.3 Å². The molecule has 82 heavy (non-hydrogen) atoms. The van der Waals surface area contributed by atoms with Crippen molar-refractivity contribution >= 4 is 71.5 Å². The van der Waals surface area contributed by atoms with Crippen molar-refractivity contribution in [1.29, 1.82) is 0 Å². The number of nitrogens with one attached hydrogen (secondary N) is 4. The topological polar surface area (TPSA) is 295 Å². The van der Waals surface area contributed by atoms with Crippen LogP contribution >= 0.6 is 7.60 Å². The highest BCUT2D eigenvalue weighted by Gasteiger charge is 2.94. The number of alkyl halides is 2. The molecule has 6 fully saturated rings. The van der Waals surface area contributed by atoms with Crippen LogP contribution in [0.25, 0.3) is 10.8 Å². The van der Waals surface area contributed by atoms with Gasteiger partial charge in [-0.1, -0.05) is 86.2 Å². The molecular formula is C59H63F2N8O12P. The molecule has 0 aromatic heterocycles. The number of fused-ring (bicyclic) bond motifs is 3. The average molecular weight is 1150 g/mol. The van der Waals surface area contributed by atoms with Crippen molar-refractivity contribution in [2.24, 2.45) is 29.4 Å². The summed E-state index contributed by atoms with van der Waals surface area (Å²) in [6.07, 6.45) is 3.86. The summed E-state index contributed by atoms with van der Waals surface area (Å²) in [6.45, 7) is 3.11. The molecule has 430 valence electrons. The van der Waals surface area contributed by atoms with Crippen molar-refractivity contribution in [3.05, 3.63) is 118 Å². The number of hydrogen-bond donors (Lipinski definition) is 7. The van der Waals surface area contributed by atoms with Gasteiger partial charge in [-0.15, -0.1) is 0 Å². The molecule has 4 unspecified atom stereocenters. The molecule has 7 aliphatic rings. The first-order chi connectivity index (χ1) is 39.1. The number of likely N-dealkylation sites (tertiary alicyclic amines) is 1. The maximum atomic E-state index is 14.7. The van der Waals surface area contributed by atoms with E-state index in [-0.39, 0.29) is 97.5 Å². The standard InChI is InChI=1S/C59H63F2N8O12P/c1-2-3-16-44(63-51(72)37-18-17-34-19-20-39(30-38(34)29-37)59(60,61)82(79,80)81)55(76)69-32-42-48-49(42)58(48,69)57(78)64-43(21-23-46(62)70)52(73)66-50(36-12-5-4-6-13-36)56(77)67-27-25-33(26-28-67)10-7-8-11-35-14-9-15-40-41(35)31-68(54(40)75)45-22-24-47(71)65-53(45)74/h4-6,9,12-15,17-20,29-30,33,42-45,48-50H,2-3,7,10,16,21-28,31-32H2,1H3,(H2,62,70)(H,63,72)(H,64,78)(H,66,73)(H,65,71,74)(H2,79,80,81)/t42?,43-,44-,45?,48+,49?,50-,58?/m0/s1. The van der Waals surface area contributed by atoms with Gasteiger partial charge in [0.25, 0.3) is 11.8 Å². The zero-order chi connectivity index (χ0) is 58.4. The molecule has 8 N–H and O–H groups in total. The third-order valence-corrected chi connectivity index (χ3v) is 18.2. The van der Waals surface area contributed by atoms with Gasteiger partial charge in [-0.25, -0.2) is 0 Å². The number of rotatable bonds is 20. The quantitative estimate of drug-likeness (QED) is 0.0372. The number of halogens is 2. The Hall–Kier alpha value is -7.86. The van der Waals surface area contributed by atoms with Crippen LogP contribution in [0.1, 0.15) is 127 Å². The molecule has 4 saturated heterocycles. The molecular weight excluding hydrogens is 1080 g/mol. The fourth-order valence-corrected chi connectivity index (χ4v) is 13.1. The van der Waals surface area contributed by atoms with E-state index in [0.29, 0.717) is 67.3 Å². The Morgan fingerprint density at radius 1 is 0.866 bits per heavy atom. The predicted octanol–water partition coefficient (Wildman–Crippen LogP) is 4.25. The summed E-state index contributed by atoms with van der Waals surface area (Å²) in [5, 5.41) is 11.3. The van der Waals surface area contributed by atoms with Crippen molar-refractivity contribution in [3.63, 3.8) is 0 Å². The molecule has 2 saturated carbocycles. The van der Waals surface area contributed by atoms with Crippen LogP contribution in [0.5, 0.6) is 0 Å². The number of carbonyl (C=O) groups is 9. The van der Waals surface area contributed by atoms with Crippen LogP contribution in [-0.4, -0.2) is 121 Å². The minimum absolute atomic E-state index is 0.0121. The molecule has 8 atom stereocenters. The first-order valence-electron chi connectivity index (χ1n) is 27.7. The van der Waals surface area contributed by atoms with Gasteiger partial charge in [0.1, 0.15) is 29.7 Å². The highest BCUT2D eigenvalue weighted by Crippen LogP contribution is 2.83. The van der Waals surface area contributed by atoms with E-state index in [4.69, 9.17) is 5.73 Å². The lowest BCUT2D eigenvalue weighted by molar-refractivity contribution is -0.143. The van der Waals surface area contributed by atoms with Crippen molar-refractivity contribution in [2.75, 3.05) is 19.6 Å². The Kier molecular flexibility index (Phi) is 16.0. The number of nitrogens with two attached hydrogens (primary N) is 1. The number of imide groups is 1. The number of primary amides is 1. The fourth-order valence-electron chi connectivity index (χ4n) is 12.6. The lowest BCUT2D eigenvalue weighted by atomic mass is 9.91. The van der Waals surface area contributed by atoms with Gasteiger partial charge in [-0.05, 0) is 103 Å². The van der Waals surface area contributed by atoms with Crippen molar-refractivity contribution in [3.8, 4) is 11.8 Å². The molecule has 5 heterocycles. The Morgan fingerprint density at radius 3 is 2.29 bits per heavy atom. The second kappa shape index (κ2) is 22.8. The number of unbranched alkanes of at least 4 members (excludes halogenated alkanes) is 1. The van der Waals surface area contributed by atoms with Gasteiger partial charge < -0.3 is 46.2 Å². The van der Waals surface area contributed by atoms with Gasteiger partial charge in [-0.3, -0.25) is 53.0 Å². The molecule has 4 aromatic rings. The first-order valence-corrected chi connectivity index (χ1v) is 29.3. The van der Waals surface area contributed by atoms with Crippen LogP contribution in [0, 0.1) is 35.5 Å². The summed E-state index contributed by atoms with van der Waals surface area (Å²) in [6, 6.07) is 16.8. The van der Waals surface area contributed by atoms with E-state index in [1.54, 1.807) is 47.4 Å². The molecule has 0 radical (unpaired) electrons. The molecule has 9 amide bonds. The van der Waals surface area contributed by atoms with Crippen LogP contribution in [0.3, 0.4) is 0 Å². The number of benzene rings is 4. The lowest BCUT2D eigenvalue weighted by Crippen LogP contribution is -2.59. The van der Waals surface area contributed by atoms with Crippen LogP contribution in [0.15, 0.2) is 84.9 Å². The molecule has 2 bridgehead atoms. The van der Waals surface area contributed by atoms with Crippen LogP contribution in [0.2, 0.25) is 0 Å². The highest BCUT2D eigenvalue weighted by molar-refractivity contribution is 7.52. The van der Waals surface area contributed by atoms with E-state index in [9.17, 15) is 66.3 Å².